The lowest BCUT2D eigenvalue weighted by atomic mass is 10.1. The molecule has 20 heavy (non-hydrogen) atoms. The van der Waals surface area contributed by atoms with Crippen molar-refractivity contribution in [2.75, 3.05) is 0 Å². The Morgan fingerprint density at radius 3 is 2.35 bits per heavy atom. The van der Waals surface area contributed by atoms with E-state index >= 15 is 0 Å². The molecule has 0 bridgehead atoms. The van der Waals surface area contributed by atoms with Crippen molar-refractivity contribution >= 4 is 0 Å². The number of aliphatic hydroxyl groups is 1. The maximum absolute atomic E-state index is 10.3. The van der Waals surface area contributed by atoms with Gasteiger partial charge in [-0.15, -0.1) is 6.58 Å². The van der Waals surface area contributed by atoms with Crippen LogP contribution < -0.4 is 4.74 Å². The highest BCUT2D eigenvalue weighted by Gasteiger charge is 2.17. The quantitative estimate of drug-likeness (QED) is 0.805. The molecule has 0 amide bonds. The van der Waals surface area contributed by atoms with Crippen molar-refractivity contribution in [1.82, 2.24) is 0 Å². The third-order valence-electron chi connectivity index (χ3n) is 3.21. The van der Waals surface area contributed by atoms with Crippen LogP contribution in [0.2, 0.25) is 0 Å². The lowest BCUT2D eigenvalue weighted by molar-refractivity contribution is 0.0467. The van der Waals surface area contributed by atoms with E-state index in [9.17, 15) is 5.11 Å². The van der Waals surface area contributed by atoms with E-state index in [0.717, 1.165) is 17.7 Å². The first-order valence-corrected chi connectivity index (χ1v) is 6.80. The van der Waals surface area contributed by atoms with Gasteiger partial charge in [-0.1, -0.05) is 48.5 Å². The Morgan fingerprint density at radius 2 is 1.75 bits per heavy atom. The van der Waals surface area contributed by atoms with Gasteiger partial charge in [-0.05, 0) is 36.6 Å². The first kappa shape index (κ1) is 14.4. The fourth-order valence-electron chi connectivity index (χ4n) is 2.07. The van der Waals surface area contributed by atoms with E-state index in [1.165, 1.54) is 5.56 Å². The number of ether oxygens (including phenoxy) is 1. The second-order valence-corrected chi connectivity index (χ2v) is 4.82. The molecule has 104 valence electrons. The maximum atomic E-state index is 10.3. The molecule has 2 atom stereocenters. The molecule has 0 saturated carbocycles. The van der Waals surface area contributed by atoms with E-state index in [1.807, 2.05) is 67.6 Å². The van der Waals surface area contributed by atoms with Crippen LogP contribution in [0.25, 0.3) is 0 Å². The van der Waals surface area contributed by atoms with Crippen molar-refractivity contribution in [2.24, 2.45) is 0 Å². The summed E-state index contributed by atoms with van der Waals surface area (Å²) < 4.78 is 5.79. The van der Waals surface area contributed by atoms with Gasteiger partial charge in [-0.2, -0.15) is 0 Å². The van der Waals surface area contributed by atoms with Crippen LogP contribution in [0.5, 0.6) is 5.75 Å². The van der Waals surface area contributed by atoms with Crippen molar-refractivity contribution in [2.45, 2.75) is 25.6 Å². The number of benzene rings is 2. The van der Waals surface area contributed by atoms with Crippen molar-refractivity contribution in [3.05, 3.63) is 78.4 Å². The van der Waals surface area contributed by atoms with Gasteiger partial charge in [0.2, 0.25) is 0 Å². The van der Waals surface area contributed by atoms with Gasteiger partial charge >= 0.3 is 0 Å². The van der Waals surface area contributed by atoms with Crippen molar-refractivity contribution in [3.8, 4) is 5.75 Å². The Bertz CT molecular complexity index is 531. The van der Waals surface area contributed by atoms with E-state index in [1.54, 1.807) is 0 Å². The zero-order chi connectivity index (χ0) is 14.4. The minimum Gasteiger partial charge on any atom is -0.488 e. The van der Waals surface area contributed by atoms with Crippen LogP contribution in [-0.2, 0) is 6.42 Å². The molecule has 0 saturated heterocycles. The Balaban J connectivity index is 2.00. The summed E-state index contributed by atoms with van der Waals surface area (Å²) in [6.45, 7) is 5.59. The Morgan fingerprint density at radius 1 is 1.10 bits per heavy atom. The zero-order valence-electron chi connectivity index (χ0n) is 11.7. The van der Waals surface area contributed by atoms with Crippen LogP contribution >= 0.6 is 0 Å². The molecule has 0 spiro atoms. The standard InChI is InChI=1S/C18H20O2/c1-3-7-15-10-12-17(13-11-15)20-14(2)18(19)16-8-5-4-6-9-16/h3-6,8-14,18-19H,1,7H2,2H3. The van der Waals surface area contributed by atoms with E-state index in [-0.39, 0.29) is 6.10 Å². The number of allylic oxidation sites excluding steroid dienone is 1. The molecule has 2 unspecified atom stereocenters. The SMILES string of the molecule is C=CCc1ccc(OC(C)C(O)c2ccccc2)cc1. The number of aliphatic hydroxyl groups excluding tert-OH is 1. The number of hydrogen-bond acceptors (Lipinski definition) is 2. The minimum absolute atomic E-state index is 0.303. The third-order valence-corrected chi connectivity index (χ3v) is 3.21. The molecular formula is C18H20O2. The molecule has 2 heteroatoms. The predicted octanol–water partition coefficient (Wildman–Crippen LogP) is 3.92. The van der Waals surface area contributed by atoms with E-state index in [0.29, 0.717) is 0 Å². The van der Waals surface area contributed by atoms with Gasteiger partial charge in [-0.25, -0.2) is 0 Å². The molecule has 2 rings (SSSR count). The molecule has 0 aromatic heterocycles. The predicted molar refractivity (Wildman–Crippen MR) is 81.8 cm³/mol. The highest BCUT2D eigenvalue weighted by Crippen LogP contribution is 2.22. The van der Waals surface area contributed by atoms with Crippen molar-refractivity contribution in [3.63, 3.8) is 0 Å². The van der Waals surface area contributed by atoms with E-state index < -0.39 is 6.10 Å². The summed E-state index contributed by atoms with van der Waals surface area (Å²) in [4.78, 5) is 0. The second-order valence-electron chi connectivity index (χ2n) is 4.82. The smallest absolute Gasteiger partial charge is 0.126 e. The minimum atomic E-state index is -0.635. The Hall–Kier alpha value is -2.06. The average molecular weight is 268 g/mol. The van der Waals surface area contributed by atoms with Gasteiger partial charge in [0, 0.05) is 0 Å². The average Bonchev–Trinajstić information content (AvgIpc) is 2.49. The summed E-state index contributed by atoms with van der Waals surface area (Å²) in [6, 6.07) is 17.4. The monoisotopic (exact) mass is 268 g/mol. The second kappa shape index (κ2) is 6.92. The topological polar surface area (TPSA) is 29.5 Å². The molecular weight excluding hydrogens is 248 g/mol. The molecule has 2 aromatic carbocycles. The van der Waals surface area contributed by atoms with E-state index in [2.05, 4.69) is 6.58 Å². The lowest BCUT2D eigenvalue weighted by Crippen LogP contribution is -2.21. The Kier molecular flexibility index (Phi) is 4.97. The largest absolute Gasteiger partial charge is 0.488 e. The summed E-state index contributed by atoms with van der Waals surface area (Å²) in [7, 11) is 0. The number of rotatable bonds is 6. The van der Waals surface area contributed by atoms with Crippen molar-refractivity contribution in [1.29, 1.82) is 0 Å². The van der Waals surface area contributed by atoms with Gasteiger partial charge in [0.1, 0.15) is 18.0 Å². The van der Waals surface area contributed by atoms with Gasteiger partial charge < -0.3 is 9.84 Å². The third kappa shape index (κ3) is 3.72. The van der Waals surface area contributed by atoms with Crippen LogP contribution in [0.4, 0.5) is 0 Å². The molecule has 1 N–H and O–H groups in total. The lowest BCUT2D eigenvalue weighted by Gasteiger charge is -2.21. The highest BCUT2D eigenvalue weighted by molar-refractivity contribution is 5.29. The first-order valence-electron chi connectivity index (χ1n) is 6.80. The van der Waals surface area contributed by atoms with Crippen LogP contribution in [0, 0.1) is 0 Å². The van der Waals surface area contributed by atoms with Gasteiger partial charge in [0.15, 0.2) is 0 Å². The normalized spacial score (nSPS) is 13.5. The molecule has 0 radical (unpaired) electrons. The summed E-state index contributed by atoms with van der Waals surface area (Å²) in [5.74, 6) is 0.764. The van der Waals surface area contributed by atoms with Crippen LogP contribution in [-0.4, -0.2) is 11.2 Å². The molecule has 0 aliphatic carbocycles. The van der Waals surface area contributed by atoms with Gasteiger partial charge in [0.05, 0.1) is 0 Å². The fourth-order valence-corrected chi connectivity index (χ4v) is 2.07. The van der Waals surface area contributed by atoms with Gasteiger partial charge in [-0.3, -0.25) is 0 Å². The maximum Gasteiger partial charge on any atom is 0.126 e. The molecule has 2 aromatic rings. The van der Waals surface area contributed by atoms with Crippen molar-refractivity contribution < 1.29 is 9.84 Å². The first-order chi connectivity index (χ1) is 9.70. The fraction of sp³-hybridized carbons (Fsp3) is 0.222. The van der Waals surface area contributed by atoms with Crippen LogP contribution in [0.1, 0.15) is 24.2 Å². The highest BCUT2D eigenvalue weighted by atomic mass is 16.5. The van der Waals surface area contributed by atoms with Crippen LogP contribution in [0.15, 0.2) is 67.3 Å². The zero-order valence-corrected chi connectivity index (χ0v) is 11.7. The van der Waals surface area contributed by atoms with Crippen LogP contribution in [0.3, 0.4) is 0 Å². The summed E-state index contributed by atoms with van der Waals surface area (Å²) in [5.41, 5.74) is 2.06. The molecule has 0 aliphatic heterocycles. The summed E-state index contributed by atoms with van der Waals surface area (Å²) in [6.07, 6.45) is 1.78. The molecule has 2 nitrogen and oxygen atoms in total. The molecule has 0 fully saturated rings. The summed E-state index contributed by atoms with van der Waals surface area (Å²) in [5, 5.41) is 10.3. The number of hydrogen-bond donors (Lipinski definition) is 1. The van der Waals surface area contributed by atoms with E-state index in [4.69, 9.17) is 4.74 Å². The molecule has 0 aliphatic rings. The molecule has 0 heterocycles. The van der Waals surface area contributed by atoms with Gasteiger partial charge in [0.25, 0.3) is 0 Å². The summed E-state index contributed by atoms with van der Waals surface area (Å²) >= 11 is 0. The Labute approximate surface area is 120 Å².